The number of H-pyrrole nitrogens is 1. The van der Waals surface area contributed by atoms with Gasteiger partial charge in [-0.25, -0.2) is 0 Å². The smallest absolute Gasteiger partial charge is 0.244 e. The number of nitriles is 1. The molecule has 0 unspecified atom stereocenters. The Kier molecular flexibility index (Phi) is 5.04. The van der Waals surface area contributed by atoms with Crippen molar-refractivity contribution >= 4 is 15.9 Å². The van der Waals surface area contributed by atoms with E-state index >= 15 is 0 Å². The van der Waals surface area contributed by atoms with Gasteiger partial charge in [0.25, 0.3) is 0 Å². The van der Waals surface area contributed by atoms with Crippen LogP contribution in [0.3, 0.4) is 0 Å². The molecule has 0 fully saturated rings. The zero-order chi connectivity index (χ0) is 22.2. The number of rotatable bonds is 4. The van der Waals surface area contributed by atoms with E-state index in [1.54, 1.807) is 0 Å². The van der Waals surface area contributed by atoms with Crippen LogP contribution in [-0.2, 0) is 6.54 Å². The average Bonchev–Trinajstić information content (AvgIpc) is 3.38. The third-order valence-electron chi connectivity index (χ3n) is 5.54. The quantitative estimate of drug-likeness (QED) is 0.438. The summed E-state index contributed by atoms with van der Waals surface area (Å²) in [5.41, 5.74) is 11.8. The molecular formula is C24H19BrN6O. The van der Waals surface area contributed by atoms with Gasteiger partial charge in [0.05, 0.1) is 18.2 Å². The number of aromatic nitrogens is 4. The first-order chi connectivity index (χ1) is 15.5. The van der Waals surface area contributed by atoms with Crippen LogP contribution in [0.4, 0.5) is 0 Å². The summed E-state index contributed by atoms with van der Waals surface area (Å²) in [6.07, 6.45) is 1.99. The molecule has 32 heavy (non-hydrogen) atoms. The highest BCUT2D eigenvalue weighted by molar-refractivity contribution is 9.10. The third-order valence-corrected chi connectivity index (χ3v) is 6.06. The molecule has 1 aliphatic rings. The number of ether oxygens (including phenoxy) is 1. The summed E-state index contributed by atoms with van der Waals surface area (Å²) in [6.45, 7) is 2.50. The van der Waals surface area contributed by atoms with E-state index in [4.69, 9.17) is 15.6 Å². The Morgan fingerprint density at radius 3 is 2.66 bits per heavy atom. The van der Waals surface area contributed by atoms with Crippen LogP contribution in [-0.4, -0.2) is 20.0 Å². The molecule has 4 aromatic rings. The van der Waals surface area contributed by atoms with Crippen molar-refractivity contribution in [2.75, 3.05) is 0 Å². The zero-order valence-corrected chi connectivity index (χ0v) is 18.8. The van der Waals surface area contributed by atoms with Gasteiger partial charge in [0.15, 0.2) is 0 Å². The highest BCUT2D eigenvalue weighted by Crippen LogP contribution is 2.45. The summed E-state index contributed by atoms with van der Waals surface area (Å²) in [4.78, 5) is 0. The number of hydrogen-bond acceptors (Lipinski definition) is 5. The van der Waals surface area contributed by atoms with Gasteiger partial charge >= 0.3 is 0 Å². The normalized spacial score (nSPS) is 15.2. The van der Waals surface area contributed by atoms with Crippen LogP contribution in [0, 0.1) is 18.3 Å². The molecule has 8 heteroatoms. The number of fused-ring (bicyclic) bond motifs is 1. The minimum Gasteiger partial charge on any atom is -0.420 e. The molecule has 7 nitrogen and oxygen atoms in total. The lowest BCUT2D eigenvalue weighted by Gasteiger charge is -2.23. The van der Waals surface area contributed by atoms with E-state index in [9.17, 15) is 5.26 Å². The van der Waals surface area contributed by atoms with Gasteiger partial charge in [-0.15, -0.1) is 5.10 Å². The number of halogens is 1. The molecule has 158 valence electrons. The number of nitrogens with one attached hydrogen (secondary N) is 1. The van der Waals surface area contributed by atoms with Crippen molar-refractivity contribution in [2.24, 2.45) is 5.73 Å². The number of benzene rings is 2. The Bertz CT molecular complexity index is 1360. The number of aryl methyl sites for hydroxylation is 1. The van der Waals surface area contributed by atoms with Crippen LogP contribution >= 0.6 is 15.9 Å². The SMILES string of the molecule is Cc1[nH]nc2c1[C@@H](c1cn(Cc3ccc(Br)cc3)nc1-c1ccccc1)C(C#N)=C(N)O2. The zero-order valence-electron chi connectivity index (χ0n) is 17.2. The summed E-state index contributed by atoms with van der Waals surface area (Å²) in [5, 5.41) is 22.1. The second-order valence-electron chi connectivity index (χ2n) is 7.62. The van der Waals surface area contributed by atoms with Crippen LogP contribution in [0.2, 0.25) is 0 Å². The molecule has 0 spiro atoms. The molecule has 2 aromatic carbocycles. The van der Waals surface area contributed by atoms with Crippen LogP contribution < -0.4 is 10.5 Å². The van der Waals surface area contributed by atoms with E-state index in [0.29, 0.717) is 18.0 Å². The predicted octanol–water partition coefficient (Wildman–Crippen LogP) is 4.61. The summed E-state index contributed by atoms with van der Waals surface area (Å²) >= 11 is 3.48. The number of allylic oxidation sites excluding steroid dienone is 1. The van der Waals surface area contributed by atoms with Crippen LogP contribution in [0.1, 0.15) is 28.3 Å². The van der Waals surface area contributed by atoms with Crippen molar-refractivity contribution in [1.29, 1.82) is 5.26 Å². The van der Waals surface area contributed by atoms with Crippen LogP contribution in [0.15, 0.2) is 76.7 Å². The van der Waals surface area contributed by atoms with Gasteiger partial charge in [-0.3, -0.25) is 9.78 Å². The van der Waals surface area contributed by atoms with E-state index in [0.717, 1.165) is 38.1 Å². The summed E-state index contributed by atoms with van der Waals surface area (Å²) in [6, 6.07) is 20.3. The summed E-state index contributed by atoms with van der Waals surface area (Å²) in [5.74, 6) is 0.0243. The molecule has 5 rings (SSSR count). The lowest BCUT2D eigenvalue weighted by molar-refractivity contribution is 0.379. The maximum absolute atomic E-state index is 9.95. The van der Waals surface area contributed by atoms with Crippen LogP contribution in [0.25, 0.3) is 11.3 Å². The molecule has 0 saturated carbocycles. The molecule has 1 atom stereocenters. The molecule has 0 amide bonds. The Morgan fingerprint density at radius 2 is 1.94 bits per heavy atom. The molecule has 0 saturated heterocycles. The second-order valence-corrected chi connectivity index (χ2v) is 8.53. The van der Waals surface area contributed by atoms with Crippen molar-refractivity contribution in [3.63, 3.8) is 0 Å². The van der Waals surface area contributed by atoms with E-state index in [2.05, 4.69) is 44.3 Å². The Hall–Kier alpha value is -3.83. The number of nitrogens with zero attached hydrogens (tertiary/aromatic N) is 4. The number of hydrogen-bond donors (Lipinski definition) is 2. The van der Waals surface area contributed by atoms with Gasteiger partial charge in [0, 0.05) is 33.1 Å². The molecule has 0 bridgehead atoms. The summed E-state index contributed by atoms with van der Waals surface area (Å²) < 4.78 is 8.55. The highest BCUT2D eigenvalue weighted by atomic mass is 79.9. The fourth-order valence-electron chi connectivity index (χ4n) is 4.04. The van der Waals surface area contributed by atoms with E-state index in [1.165, 1.54) is 0 Å². The monoisotopic (exact) mass is 486 g/mol. The lowest BCUT2D eigenvalue weighted by Crippen LogP contribution is -2.21. The van der Waals surface area contributed by atoms with Crippen LogP contribution in [0.5, 0.6) is 5.88 Å². The predicted molar refractivity (Wildman–Crippen MR) is 124 cm³/mol. The second kappa shape index (κ2) is 8.02. The summed E-state index contributed by atoms with van der Waals surface area (Å²) in [7, 11) is 0. The van der Waals surface area contributed by atoms with Crippen molar-refractivity contribution in [3.8, 4) is 23.2 Å². The first-order valence-corrected chi connectivity index (χ1v) is 10.8. The first-order valence-electron chi connectivity index (χ1n) is 10.0. The van der Waals surface area contributed by atoms with Crippen molar-refractivity contribution in [3.05, 3.63) is 99.1 Å². The van der Waals surface area contributed by atoms with Gasteiger partial charge in [0.2, 0.25) is 11.8 Å². The largest absolute Gasteiger partial charge is 0.420 e. The lowest BCUT2D eigenvalue weighted by atomic mass is 9.83. The standard InChI is InChI=1S/C24H19BrN6O/c1-14-20-21(18(11-26)23(27)32-24(20)29-28-14)19-13-31(12-15-7-9-17(25)10-8-15)30-22(19)16-5-3-2-4-6-16/h2-10,13,21H,12,27H2,1H3,(H,28,29)/t21-/m1/s1. The minimum absolute atomic E-state index is 0.0659. The number of aromatic amines is 1. The van der Waals surface area contributed by atoms with E-state index in [-0.39, 0.29) is 5.88 Å². The Morgan fingerprint density at radius 1 is 1.19 bits per heavy atom. The van der Waals surface area contributed by atoms with Gasteiger partial charge in [-0.05, 0) is 24.6 Å². The molecule has 3 N–H and O–H groups in total. The molecule has 0 aliphatic carbocycles. The molecule has 0 radical (unpaired) electrons. The highest BCUT2D eigenvalue weighted by Gasteiger charge is 2.36. The van der Waals surface area contributed by atoms with Gasteiger partial charge in [-0.1, -0.05) is 58.4 Å². The van der Waals surface area contributed by atoms with Crippen molar-refractivity contribution in [1.82, 2.24) is 20.0 Å². The molecule has 3 heterocycles. The first kappa shape index (κ1) is 20.1. The van der Waals surface area contributed by atoms with Gasteiger partial charge in [-0.2, -0.15) is 10.4 Å². The third kappa shape index (κ3) is 3.47. The Balaban J connectivity index is 1.69. The van der Waals surface area contributed by atoms with E-state index in [1.807, 2.05) is 60.3 Å². The minimum atomic E-state index is -0.434. The molecular weight excluding hydrogens is 468 g/mol. The van der Waals surface area contributed by atoms with Crippen molar-refractivity contribution in [2.45, 2.75) is 19.4 Å². The molecule has 2 aromatic heterocycles. The van der Waals surface area contributed by atoms with Gasteiger partial charge < -0.3 is 10.5 Å². The topological polar surface area (TPSA) is 106 Å². The molecule has 1 aliphatic heterocycles. The maximum atomic E-state index is 9.95. The fourth-order valence-corrected chi connectivity index (χ4v) is 4.30. The van der Waals surface area contributed by atoms with E-state index < -0.39 is 5.92 Å². The Labute approximate surface area is 193 Å². The average molecular weight is 487 g/mol. The maximum Gasteiger partial charge on any atom is 0.244 e. The van der Waals surface area contributed by atoms with Crippen molar-refractivity contribution < 1.29 is 4.74 Å². The number of nitrogens with two attached hydrogens (primary N) is 1. The van der Waals surface area contributed by atoms with Gasteiger partial charge in [0.1, 0.15) is 11.6 Å². The fraction of sp³-hybridized carbons (Fsp3) is 0.125.